The number of imidazole rings is 1. The SMILES string of the molecule is CN(Cc1ccc(F)cc1)C(=O)Cn1cnc2c1c(=O)n(C)c(=O)n2C. The van der Waals surface area contributed by atoms with Crippen molar-refractivity contribution in [2.24, 2.45) is 14.1 Å². The van der Waals surface area contributed by atoms with Crippen LogP contribution in [0.25, 0.3) is 11.2 Å². The van der Waals surface area contributed by atoms with Crippen LogP contribution in [0, 0.1) is 5.82 Å². The number of fused-ring (bicyclic) bond motifs is 1. The third-order valence-corrected chi connectivity index (χ3v) is 4.28. The fourth-order valence-electron chi connectivity index (χ4n) is 2.74. The maximum Gasteiger partial charge on any atom is 0.332 e. The standard InChI is InChI=1S/C17H18FN5O3/c1-20(8-11-4-6-12(18)7-5-11)13(24)9-23-10-19-15-14(23)16(25)22(3)17(26)21(15)2/h4-7,10H,8-9H2,1-3H3. The first-order valence-corrected chi connectivity index (χ1v) is 7.89. The van der Waals surface area contributed by atoms with Crippen LogP contribution in [0.1, 0.15) is 5.56 Å². The zero-order chi connectivity index (χ0) is 19.0. The Bertz CT molecular complexity index is 1090. The lowest BCUT2D eigenvalue weighted by molar-refractivity contribution is -0.131. The molecule has 9 heteroatoms. The van der Waals surface area contributed by atoms with E-state index >= 15 is 0 Å². The summed E-state index contributed by atoms with van der Waals surface area (Å²) in [6.45, 7) is 0.212. The van der Waals surface area contributed by atoms with Crippen LogP contribution in [-0.2, 0) is 32.0 Å². The maximum atomic E-state index is 13.0. The molecule has 0 radical (unpaired) electrons. The molecule has 0 N–H and O–H groups in total. The molecule has 26 heavy (non-hydrogen) atoms. The molecule has 0 saturated heterocycles. The van der Waals surface area contributed by atoms with Gasteiger partial charge in [-0.2, -0.15) is 0 Å². The van der Waals surface area contributed by atoms with Gasteiger partial charge in [-0.05, 0) is 17.7 Å². The number of rotatable bonds is 4. The summed E-state index contributed by atoms with van der Waals surface area (Å²) in [7, 11) is 4.52. The van der Waals surface area contributed by atoms with Crippen molar-refractivity contribution in [3.8, 4) is 0 Å². The quantitative estimate of drug-likeness (QED) is 0.668. The summed E-state index contributed by atoms with van der Waals surface area (Å²) in [4.78, 5) is 42.4. The molecule has 0 unspecified atom stereocenters. The van der Waals surface area contributed by atoms with Gasteiger partial charge >= 0.3 is 5.69 Å². The molecule has 0 fully saturated rings. The van der Waals surface area contributed by atoms with E-state index < -0.39 is 11.2 Å². The minimum atomic E-state index is -0.505. The van der Waals surface area contributed by atoms with Gasteiger partial charge in [0.05, 0.1) is 6.33 Å². The van der Waals surface area contributed by atoms with Gasteiger partial charge in [0.1, 0.15) is 12.4 Å². The average molecular weight is 359 g/mol. The second-order valence-electron chi connectivity index (χ2n) is 6.13. The molecule has 0 aliphatic carbocycles. The topological polar surface area (TPSA) is 82.1 Å². The smallest absolute Gasteiger partial charge is 0.332 e. The Kier molecular flexibility index (Phi) is 4.45. The predicted octanol–water partition coefficient (Wildman–Crippen LogP) is 0.231. The van der Waals surface area contributed by atoms with Crippen molar-refractivity contribution in [2.75, 3.05) is 7.05 Å². The van der Waals surface area contributed by atoms with E-state index in [9.17, 15) is 18.8 Å². The number of amides is 1. The van der Waals surface area contributed by atoms with E-state index in [-0.39, 0.29) is 29.4 Å². The summed E-state index contributed by atoms with van der Waals surface area (Å²) in [5.74, 6) is -0.585. The third-order valence-electron chi connectivity index (χ3n) is 4.28. The number of aryl methyl sites for hydroxylation is 1. The lowest BCUT2D eigenvalue weighted by Gasteiger charge is -2.18. The van der Waals surface area contributed by atoms with Gasteiger partial charge in [0.25, 0.3) is 5.56 Å². The van der Waals surface area contributed by atoms with Crippen LogP contribution in [-0.4, -0.2) is 36.5 Å². The number of aromatic nitrogens is 4. The molecule has 0 atom stereocenters. The van der Waals surface area contributed by atoms with E-state index in [1.165, 1.54) is 46.6 Å². The fraction of sp³-hybridized carbons (Fsp3) is 0.294. The van der Waals surface area contributed by atoms with Crippen molar-refractivity contribution in [1.29, 1.82) is 0 Å². The zero-order valence-electron chi connectivity index (χ0n) is 14.6. The van der Waals surface area contributed by atoms with Crippen molar-refractivity contribution in [3.63, 3.8) is 0 Å². The maximum absolute atomic E-state index is 13.0. The summed E-state index contributed by atoms with van der Waals surface area (Å²) in [6, 6.07) is 5.89. The molecule has 1 aromatic carbocycles. The van der Waals surface area contributed by atoms with E-state index in [4.69, 9.17) is 0 Å². The second-order valence-corrected chi connectivity index (χ2v) is 6.13. The predicted molar refractivity (Wildman–Crippen MR) is 93.1 cm³/mol. The lowest BCUT2D eigenvalue weighted by atomic mass is 10.2. The van der Waals surface area contributed by atoms with Gasteiger partial charge in [-0.1, -0.05) is 12.1 Å². The third kappa shape index (κ3) is 3.03. The average Bonchev–Trinajstić information content (AvgIpc) is 3.03. The molecule has 0 saturated carbocycles. The zero-order valence-corrected chi connectivity index (χ0v) is 14.6. The van der Waals surface area contributed by atoms with Gasteiger partial charge in [-0.3, -0.25) is 18.7 Å². The molecular weight excluding hydrogens is 341 g/mol. The molecule has 3 aromatic rings. The van der Waals surface area contributed by atoms with Crippen molar-refractivity contribution in [3.05, 3.63) is 62.8 Å². The number of benzene rings is 1. The molecule has 2 heterocycles. The van der Waals surface area contributed by atoms with Crippen LogP contribution in [0.4, 0.5) is 4.39 Å². The van der Waals surface area contributed by atoms with Gasteiger partial charge in [0.2, 0.25) is 5.91 Å². The van der Waals surface area contributed by atoms with Gasteiger partial charge in [-0.15, -0.1) is 0 Å². The molecule has 0 aliphatic heterocycles. The highest BCUT2D eigenvalue weighted by atomic mass is 19.1. The molecule has 0 spiro atoms. The second kappa shape index (κ2) is 6.58. The molecular formula is C17H18FN5O3. The van der Waals surface area contributed by atoms with Crippen molar-refractivity contribution in [1.82, 2.24) is 23.6 Å². The fourth-order valence-corrected chi connectivity index (χ4v) is 2.74. The van der Waals surface area contributed by atoms with Crippen LogP contribution in [0.3, 0.4) is 0 Å². The Hall–Kier alpha value is -3.23. The van der Waals surface area contributed by atoms with Crippen molar-refractivity contribution >= 4 is 17.1 Å². The Balaban J connectivity index is 1.86. The number of likely N-dealkylation sites (N-methyl/N-ethyl adjacent to an activating group) is 1. The van der Waals surface area contributed by atoms with E-state index in [1.807, 2.05) is 0 Å². The number of hydrogen-bond acceptors (Lipinski definition) is 4. The number of hydrogen-bond donors (Lipinski definition) is 0. The van der Waals surface area contributed by atoms with Gasteiger partial charge in [0.15, 0.2) is 11.2 Å². The summed E-state index contributed by atoms with van der Waals surface area (Å²) in [5.41, 5.74) is 0.225. The monoisotopic (exact) mass is 359 g/mol. The number of halogens is 1. The Morgan fingerprint density at radius 1 is 1.15 bits per heavy atom. The summed E-state index contributed by atoms with van der Waals surface area (Å²) in [5, 5.41) is 0. The summed E-state index contributed by atoms with van der Waals surface area (Å²) in [6.07, 6.45) is 1.37. The van der Waals surface area contributed by atoms with E-state index in [0.29, 0.717) is 6.54 Å². The van der Waals surface area contributed by atoms with Crippen LogP contribution in [0.2, 0.25) is 0 Å². The van der Waals surface area contributed by atoms with Gasteiger partial charge in [0, 0.05) is 27.7 Å². The number of carbonyl (C=O) groups excluding carboxylic acids is 1. The first-order chi connectivity index (χ1) is 12.3. The molecule has 1 amide bonds. The van der Waals surface area contributed by atoms with Crippen molar-refractivity contribution in [2.45, 2.75) is 13.1 Å². The molecule has 136 valence electrons. The highest BCUT2D eigenvalue weighted by Crippen LogP contribution is 2.09. The first-order valence-electron chi connectivity index (χ1n) is 7.89. The molecule has 3 rings (SSSR count). The van der Waals surface area contributed by atoms with E-state index in [2.05, 4.69) is 4.98 Å². The van der Waals surface area contributed by atoms with E-state index in [0.717, 1.165) is 10.1 Å². The lowest BCUT2D eigenvalue weighted by Crippen LogP contribution is -2.38. The molecule has 0 aliphatic rings. The highest BCUT2D eigenvalue weighted by Gasteiger charge is 2.17. The Morgan fingerprint density at radius 3 is 2.46 bits per heavy atom. The van der Waals surface area contributed by atoms with Crippen LogP contribution < -0.4 is 11.2 Å². The van der Waals surface area contributed by atoms with E-state index in [1.54, 1.807) is 19.2 Å². The van der Waals surface area contributed by atoms with Crippen LogP contribution in [0.15, 0.2) is 40.2 Å². The highest BCUT2D eigenvalue weighted by molar-refractivity contribution is 5.78. The largest absolute Gasteiger partial charge is 0.340 e. The molecule has 2 aromatic heterocycles. The Morgan fingerprint density at radius 2 is 1.81 bits per heavy atom. The summed E-state index contributed by atoms with van der Waals surface area (Å²) < 4.78 is 16.6. The van der Waals surface area contributed by atoms with Crippen molar-refractivity contribution < 1.29 is 9.18 Å². The van der Waals surface area contributed by atoms with Crippen LogP contribution in [0.5, 0.6) is 0 Å². The molecule has 0 bridgehead atoms. The first kappa shape index (κ1) is 17.6. The normalized spacial score (nSPS) is 11.1. The minimum absolute atomic E-state index is 0.0956. The van der Waals surface area contributed by atoms with Gasteiger partial charge < -0.3 is 9.47 Å². The molecule has 8 nitrogen and oxygen atoms in total. The summed E-state index contributed by atoms with van der Waals surface area (Å²) >= 11 is 0. The van der Waals surface area contributed by atoms with Crippen LogP contribution >= 0.6 is 0 Å². The minimum Gasteiger partial charge on any atom is -0.340 e. The number of carbonyl (C=O) groups is 1. The van der Waals surface area contributed by atoms with Gasteiger partial charge in [-0.25, -0.2) is 14.2 Å². The Labute approximate surface area is 147 Å². The number of nitrogens with zero attached hydrogens (tertiary/aromatic N) is 5.